The van der Waals surface area contributed by atoms with Gasteiger partial charge in [0.05, 0.1) is 19.3 Å². The molecule has 0 aliphatic rings. The summed E-state index contributed by atoms with van der Waals surface area (Å²) < 4.78 is 36.8. The number of hydrogen-bond acceptors (Lipinski definition) is 5. The minimum Gasteiger partial charge on any atom is -0.495 e. The Morgan fingerprint density at radius 2 is 2.11 bits per heavy atom. The number of benzene rings is 1. The van der Waals surface area contributed by atoms with E-state index in [1.165, 1.54) is 19.6 Å². The number of hydrogen-bond donors (Lipinski definition) is 1. The molecule has 0 atom stereocenters. The second-order valence-electron chi connectivity index (χ2n) is 3.83. The zero-order chi connectivity index (χ0) is 13.9. The molecule has 1 heterocycles. The number of methoxy groups -OCH3 is 1. The monoisotopic (exact) mass is 282 g/mol. The van der Waals surface area contributed by atoms with Crippen LogP contribution in [0.1, 0.15) is 11.5 Å². The van der Waals surface area contributed by atoms with E-state index in [1.807, 2.05) is 0 Å². The molecule has 0 aliphatic heterocycles. The molecule has 0 aliphatic carbocycles. The van der Waals surface area contributed by atoms with Gasteiger partial charge in [-0.05, 0) is 19.1 Å². The standard InChI is InChI=1S/C12H14N2O4S/c1-9-10(13-8-18-9)7-14-19(15,16)12-6-4-3-5-11(12)17-2/h3-6,8,14H,7H2,1-2H3. The van der Waals surface area contributed by atoms with Gasteiger partial charge in [0.2, 0.25) is 10.0 Å². The molecule has 0 unspecified atom stereocenters. The molecule has 1 aromatic heterocycles. The molecule has 102 valence electrons. The van der Waals surface area contributed by atoms with E-state index in [1.54, 1.807) is 25.1 Å². The predicted molar refractivity (Wildman–Crippen MR) is 68.3 cm³/mol. The molecule has 6 nitrogen and oxygen atoms in total. The number of rotatable bonds is 5. The number of aryl methyl sites for hydroxylation is 1. The van der Waals surface area contributed by atoms with Gasteiger partial charge in [-0.3, -0.25) is 0 Å². The average Bonchev–Trinajstić information content (AvgIpc) is 2.82. The highest BCUT2D eigenvalue weighted by atomic mass is 32.2. The molecule has 0 fully saturated rings. The number of nitrogens with zero attached hydrogens (tertiary/aromatic N) is 1. The molecule has 2 rings (SSSR count). The predicted octanol–water partition coefficient (Wildman–Crippen LogP) is 1.47. The van der Waals surface area contributed by atoms with E-state index >= 15 is 0 Å². The molecule has 1 N–H and O–H groups in total. The number of para-hydroxylation sites is 1. The summed E-state index contributed by atoms with van der Waals surface area (Å²) in [6, 6.07) is 6.42. The molecule has 2 aromatic rings. The lowest BCUT2D eigenvalue weighted by molar-refractivity contribution is 0.402. The zero-order valence-electron chi connectivity index (χ0n) is 10.6. The Labute approximate surface area is 111 Å². The summed E-state index contributed by atoms with van der Waals surface area (Å²) in [5, 5.41) is 0. The largest absolute Gasteiger partial charge is 0.495 e. The number of oxazole rings is 1. The van der Waals surface area contributed by atoms with E-state index in [0.717, 1.165) is 0 Å². The molecule has 0 bridgehead atoms. The fraction of sp³-hybridized carbons (Fsp3) is 0.250. The first kappa shape index (κ1) is 13.6. The van der Waals surface area contributed by atoms with E-state index in [9.17, 15) is 8.42 Å². The molecule has 0 radical (unpaired) electrons. The van der Waals surface area contributed by atoms with Crippen molar-refractivity contribution in [2.45, 2.75) is 18.4 Å². The van der Waals surface area contributed by atoms with Crippen molar-refractivity contribution in [2.24, 2.45) is 0 Å². The first-order valence-corrected chi connectivity index (χ1v) is 7.04. The van der Waals surface area contributed by atoms with Gasteiger partial charge in [-0.1, -0.05) is 12.1 Å². The Kier molecular flexibility index (Phi) is 3.87. The third-order valence-electron chi connectivity index (χ3n) is 2.63. The number of nitrogens with one attached hydrogen (secondary N) is 1. The van der Waals surface area contributed by atoms with Crippen LogP contribution in [0.25, 0.3) is 0 Å². The molecule has 0 saturated carbocycles. The Hall–Kier alpha value is -1.86. The third kappa shape index (κ3) is 2.94. The van der Waals surface area contributed by atoms with Crippen LogP contribution in [-0.4, -0.2) is 20.5 Å². The molecular formula is C12H14N2O4S. The maximum Gasteiger partial charge on any atom is 0.244 e. The van der Waals surface area contributed by atoms with Crippen molar-refractivity contribution in [3.05, 3.63) is 42.1 Å². The van der Waals surface area contributed by atoms with E-state index < -0.39 is 10.0 Å². The first-order chi connectivity index (χ1) is 9.04. The molecule has 0 saturated heterocycles. The maximum atomic E-state index is 12.2. The van der Waals surface area contributed by atoms with Crippen molar-refractivity contribution in [2.75, 3.05) is 7.11 Å². The highest BCUT2D eigenvalue weighted by molar-refractivity contribution is 7.89. The number of sulfonamides is 1. The molecule has 0 spiro atoms. The van der Waals surface area contributed by atoms with Crippen LogP contribution >= 0.6 is 0 Å². The van der Waals surface area contributed by atoms with Crippen LogP contribution in [0.5, 0.6) is 5.75 Å². The summed E-state index contributed by atoms with van der Waals surface area (Å²) >= 11 is 0. The van der Waals surface area contributed by atoms with E-state index in [4.69, 9.17) is 9.15 Å². The average molecular weight is 282 g/mol. The Bertz CT molecular complexity index is 664. The highest BCUT2D eigenvalue weighted by Crippen LogP contribution is 2.22. The summed E-state index contributed by atoms with van der Waals surface area (Å²) in [5.74, 6) is 0.884. The van der Waals surface area contributed by atoms with Crippen molar-refractivity contribution in [1.82, 2.24) is 9.71 Å². The lowest BCUT2D eigenvalue weighted by Crippen LogP contribution is -2.24. The third-order valence-corrected chi connectivity index (χ3v) is 4.07. The van der Waals surface area contributed by atoms with Crippen LogP contribution in [0.4, 0.5) is 0 Å². The summed E-state index contributed by atoms with van der Waals surface area (Å²) in [6.45, 7) is 1.79. The SMILES string of the molecule is COc1ccccc1S(=O)(=O)NCc1ncoc1C. The molecular weight excluding hydrogens is 268 g/mol. The summed E-state index contributed by atoms with van der Waals surface area (Å²) in [6.07, 6.45) is 1.28. The fourth-order valence-electron chi connectivity index (χ4n) is 1.58. The first-order valence-electron chi connectivity index (χ1n) is 5.56. The lowest BCUT2D eigenvalue weighted by atomic mass is 10.3. The molecule has 7 heteroatoms. The van der Waals surface area contributed by atoms with Crippen molar-refractivity contribution in [1.29, 1.82) is 0 Å². The normalized spacial score (nSPS) is 11.5. The van der Waals surface area contributed by atoms with Gasteiger partial charge in [-0.25, -0.2) is 18.1 Å². The van der Waals surface area contributed by atoms with E-state index in [0.29, 0.717) is 17.2 Å². The van der Waals surface area contributed by atoms with Crippen LogP contribution in [0.2, 0.25) is 0 Å². The smallest absolute Gasteiger partial charge is 0.244 e. The van der Waals surface area contributed by atoms with E-state index in [2.05, 4.69) is 9.71 Å². The van der Waals surface area contributed by atoms with Gasteiger partial charge in [0.1, 0.15) is 16.4 Å². The summed E-state index contributed by atoms with van der Waals surface area (Å²) in [5.41, 5.74) is 0.554. The Morgan fingerprint density at radius 3 is 2.74 bits per heavy atom. The van der Waals surface area contributed by atoms with Crippen molar-refractivity contribution in [3.8, 4) is 5.75 Å². The number of aromatic nitrogens is 1. The second-order valence-corrected chi connectivity index (χ2v) is 5.57. The van der Waals surface area contributed by atoms with Gasteiger partial charge in [-0.15, -0.1) is 0 Å². The van der Waals surface area contributed by atoms with Crippen LogP contribution in [0.15, 0.2) is 40.0 Å². The van der Waals surface area contributed by atoms with Gasteiger partial charge < -0.3 is 9.15 Å². The maximum absolute atomic E-state index is 12.2. The molecule has 1 aromatic carbocycles. The minimum absolute atomic E-state index is 0.0721. The number of ether oxygens (including phenoxy) is 1. The Morgan fingerprint density at radius 1 is 1.37 bits per heavy atom. The highest BCUT2D eigenvalue weighted by Gasteiger charge is 2.19. The zero-order valence-corrected chi connectivity index (χ0v) is 11.4. The minimum atomic E-state index is -3.65. The quantitative estimate of drug-likeness (QED) is 0.898. The second kappa shape index (κ2) is 5.41. The van der Waals surface area contributed by atoms with Crippen LogP contribution in [-0.2, 0) is 16.6 Å². The fourth-order valence-corrected chi connectivity index (χ4v) is 2.74. The summed E-state index contributed by atoms with van der Waals surface area (Å²) in [7, 11) is -2.23. The molecule has 19 heavy (non-hydrogen) atoms. The van der Waals surface area contributed by atoms with Gasteiger partial charge in [0, 0.05) is 0 Å². The van der Waals surface area contributed by atoms with Crippen LogP contribution < -0.4 is 9.46 Å². The van der Waals surface area contributed by atoms with Crippen molar-refractivity contribution >= 4 is 10.0 Å². The summed E-state index contributed by atoms with van der Waals surface area (Å²) in [4.78, 5) is 4.03. The van der Waals surface area contributed by atoms with Crippen LogP contribution in [0.3, 0.4) is 0 Å². The lowest BCUT2D eigenvalue weighted by Gasteiger charge is -2.09. The van der Waals surface area contributed by atoms with Gasteiger partial charge in [0.25, 0.3) is 0 Å². The van der Waals surface area contributed by atoms with Gasteiger partial charge in [0.15, 0.2) is 6.39 Å². The Balaban J connectivity index is 2.21. The van der Waals surface area contributed by atoms with Gasteiger partial charge >= 0.3 is 0 Å². The van der Waals surface area contributed by atoms with Gasteiger partial charge in [-0.2, -0.15) is 0 Å². The molecule has 0 amide bonds. The topological polar surface area (TPSA) is 81.4 Å². The van der Waals surface area contributed by atoms with Crippen molar-refractivity contribution in [3.63, 3.8) is 0 Å². The van der Waals surface area contributed by atoms with E-state index in [-0.39, 0.29) is 11.4 Å². The van der Waals surface area contributed by atoms with Crippen LogP contribution in [0, 0.1) is 6.92 Å². The van der Waals surface area contributed by atoms with Crippen molar-refractivity contribution < 1.29 is 17.6 Å².